The van der Waals surface area contributed by atoms with E-state index in [0.717, 1.165) is 17.5 Å². The zero-order valence-electron chi connectivity index (χ0n) is 18.3. The van der Waals surface area contributed by atoms with Crippen molar-refractivity contribution >= 4 is 11.8 Å². The number of hydrogen-bond acceptors (Lipinski definition) is 4. The summed E-state index contributed by atoms with van der Waals surface area (Å²) in [6.45, 7) is 4.34. The minimum absolute atomic E-state index is 0.209. The maximum Gasteiger partial charge on any atom is 0.276 e. The summed E-state index contributed by atoms with van der Waals surface area (Å²) in [4.78, 5) is 24.7. The van der Waals surface area contributed by atoms with E-state index >= 15 is 0 Å². The highest BCUT2D eigenvalue weighted by Gasteiger charge is 2.14. The number of hydrogen-bond donors (Lipinski definition) is 2. The lowest BCUT2D eigenvalue weighted by atomic mass is 10.0. The molecule has 32 heavy (non-hydrogen) atoms. The number of hydrazine groups is 1. The van der Waals surface area contributed by atoms with Crippen LogP contribution in [0.25, 0.3) is 0 Å². The number of amides is 2. The molecular formula is C26H28N2O4. The molecule has 6 heteroatoms. The van der Waals surface area contributed by atoms with Crippen LogP contribution in [0.1, 0.15) is 41.3 Å². The normalized spacial score (nSPS) is 10.5. The first-order chi connectivity index (χ1) is 15.5. The molecule has 0 spiro atoms. The van der Waals surface area contributed by atoms with Crippen molar-refractivity contribution in [2.45, 2.75) is 26.2 Å². The molecule has 0 aromatic heterocycles. The summed E-state index contributed by atoms with van der Waals surface area (Å²) in [5.41, 5.74) is 7.32. The molecule has 0 aliphatic carbocycles. The average molecular weight is 433 g/mol. The van der Waals surface area contributed by atoms with Crippen molar-refractivity contribution in [1.82, 2.24) is 10.9 Å². The Morgan fingerprint density at radius 3 is 2.19 bits per heavy atom. The fraction of sp³-hybridized carbons (Fsp3) is 0.231. The van der Waals surface area contributed by atoms with E-state index in [1.807, 2.05) is 54.6 Å². The van der Waals surface area contributed by atoms with Crippen LogP contribution in [0.2, 0.25) is 0 Å². The molecule has 3 aromatic rings. The predicted octanol–water partition coefficient (Wildman–Crippen LogP) is 4.27. The molecule has 0 radical (unpaired) electrons. The maximum atomic E-state index is 12.6. The molecule has 2 amide bonds. The molecule has 2 N–H and O–H groups in total. The number of benzene rings is 3. The Morgan fingerprint density at radius 1 is 0.781 bits per heavy atom. The highest BCUT2D eigenvalue weighted by molar-refractivity contribution is 5.97. The fourth-order valence-corrected chi connectivity index (χ4v) is 3.17. The molecule has 0 saturated heterocycles. The zero-order chi connectivity index (χ0) is 22.8. The number of nitrogens with one attached hydrogen (secondary N) is 2. The summed E-state index contributed by atoms with van der Waals surface area (Å²) in [6, 6.07) is 24.5. The summed E-state index contributed by atoms with van der Waals surface area (Å²) < 4.78 is 11.4. The van der Waals surface area contributed by atoms with E-state index in [0.29, 0.717) is 23.7 Å². The first kappa shape index (κ1) is 22.9. The van der Waals surface area contributed by atoms with Crippen molar-refractivity contribution in [2.75, 3.05) is 13.2 Å². The van der Waals surface area contributed by atoms with Crippen LogP contribution in [0.3, 0.4) is 0 Å². The largest absolute Gasteiger partial charge is 0.492 e. The SMILES string of the molecule is CC(C)c1ccccc1OCC(=O)NNC(=O)c1ccccc1OCCc1ccccc1. The number of carbonyl (C=O) groups is 2. The third-order valence-corrected chi connectivity index (χ3v) is 4.84. The summed E-state index contributed by atoms with van der Waals surface area (Å²) in [5.74, 6) is 0.460. The molecule has 6 nitrogen and oxygen atoms in total. The lowest BCUT2D eigenvalue weighted by Crippen LogP contribution is -2.44. The molecule has 0 bridgehead atoms. The molecule has 3 rings (SSSR count). The second-order valence-electron chi connectivity index (χ2n) is 7.56. The third-order valence-electron chi connectivity index (χ3n) is 4.84. The Hall–Kier alpha value is -3.80. The van der Waals surface area contributed by atoms with E-state index in [2.05, 4.69) is 24.7 Å². The smallest absolute Gasteiger partial charge is 0.276 e. The van der Waals surface area contributed by atoms with Crippen LogP contribution in [-0.2, 0) is 11.2 Å². The lowest BCUT2D eigenvalue weighted by Gasteiger charge is -2.14. The summed E-state index contributed by atoms with van der Waals surface area (Å²) in [7, 11) is 0. The topological polar surface area (TPSA) is 76.7 Å². The van der Waals surface area contributed by atoms with Crippen LogP contribution in [0, 0.1) is 0 Å². The highest BCUT2D eigenvalue weighted by Crippen LogP contribution is 2.25. The summed E-state index contributed by atoms with van der Waals surface area (Å²) in [6.07, 6.45) is 0.725. The van der Waals surface area contributed by atoms with Gasteiger partial charge in [-0.15, -0.1) is 0 Å². The van der Waals surface area contributed by atoms with Crippen molar-refractivity contribution in [2.24, 2.45) is 0 Å². The minimum Gasteiger partial charge on any atom is -0.492 e. The number of para-hydroxylation sites is 2. The van der Waals surface area contributed by atoms with Gasteiger partial charge in [-0.05, 0) is 35.2 Å². The predicted molar refractivity (Wildman–Crippen MR) is 124 cm³/mol. The fourth-order valence-electron chi connectivity index (χ4n) is 3.17. The average Bonchev–Trinajstić information content (AvgIpc) is 2.82. The van der Waals surface area contributed by atoms with Gasteiger partial charge in [-0.3, -0.25) is 20.4 Å². The van der Waals surface area contributed by atoms with E-state index in [4.69, 9.17) is 9.47 Å². The van der Waals surface area contributed by atoms with Crippen LogP contribution >= 0.6 is 0 Å². The quantitative estimate of drug-likeness (QED) is 0.495. The number of ether oxygens (including phenoxy) is 2. The molecule has 0 fully saturated rings. The maximum absolute atomic E-state index is 12.6. The van der Waals surface area contributed by atoms with Gasteiger partial charge >= 0.3 is 0 Å². The van der Waals surface area contributed by atoms with Crippen molar-refractivity contribution in [3.63, 3.8) is 0 Å². The molecule has 0 saturated carbocycles. The van der Waals surface area contributed by atoms with E-state index in [1.54, 1.807) is 24.3 Å². The van der Waals surface area contributed by atoms with E-state index in [-0.39, 0.29) is 12.5 Å². The van der Waals surface area contributed by atoms with Gasteiger partial charge in [0, 0.05) is 6.42 Å². The lowest BCUT2D eigenvalue weighted by molar-refractivity contribution is -0.123. The summed E-state index contributed by atoms with van der Waals surface area (Å²) in [5, 5.41) is 0. The van der Waals surface area contributed by atoms with E-state index in [9.17, 15) is 9.59 Å². The van der Waals surface area contributed by atoms with Crippen molar-refractivity contribution < 1.29 is 19.1 Å². The van der Waals surface area contributed by atoms with Crippen molar-refractivity contribution in [1.29, 1.82) is 0 Å². The van der Waals surface area contributed by atoms with E-state index in [1.165, 1.54) is 0 Å². The van der Waals surface area contributed by atoms with Gasteiger partial charge in [0.15, 0.2) is 6.61 Å². The van der Waals surface area contributed by atoms with Gasteiger partial charge in [-0.2, -0.15) is 0 Å². The van der Waals surface area contributed by atoms with Crippen LogP contribution in [0.5, 0.6) is 11.5 Å². The molecule has 0 heterocycles. The second-order valence-corrected chi connectivity index (χ2v) is 7.56. The Morgan fingerprint density at radius 2 is 1.44 bits per heavy atom. The molecule has 0 atom stereocenters. The zero-order valence-corrected chi connectivity index (χ0v) is 18.3. The van der Waals surface area contributed by atoms with Gasteiger partial charge in [-0.25, -0.2) is 0 Å². The monoisotopic (exact) mass is 432 g/mol. The van der Waals surface area contributed by atoms with Gasteiger partial charge in [0.2, 0.25) is 0 Å². The van der Waals surface area contributed by atoms with Gasteiger partial charge < -0.3 is 9.47 Å². The van der Waals surface area contributed by atoms with Gasteiger partial charge in [0.05, 0.1) is 12.2 Å². The van der Waals surface area contributed by atoms with Crippen LogP contribution in [-0.4, -0.2) is 25.0 Å². The van der Waals surface area contributed by atoms with Crippen LogP contribution in [0.15, 0.2) is 78.9 Å². The molecule has 0 aliphatic rings. The molecular weight excluding hydrogens is 404 g/mol. The van der Waals surface area contributed by atoms with E-state index < -0.39 is 11.8 Å². The first-order valence-corrected chi connectivity index (χ1v) is 10.6. The minimum atomic E-state index is -0.462. The molecule has 0 aliphatic heterocycles. The first-order valence-electron chi connectivity index (χ1n) is 10.6. The van der Waals surface area contributed by atoms with Crippen LogP contribution in [0.4, 0.5) is 0 Å². The Labute approximate surface area is 188 Å². The molecule has 166 valence electrons. The number of rotatable bonds is 9. The van der Waals surface area contributed by atoms with Crippen molar-refractivity contribution in [3.05, 3.63) is 95.6 Å². The highest BCUT2D eigenvalue weighted by atomic mass is 16.5. The third kappa shape index (κ3) is 6.60. The Kier molecular flexibility index (Phi) is 8.26. The molecule has 3 aromatic carbocycles. The Balaban J connectivity index is 1.50. The Bertz CT molecular complexity index is 1030. The molecule has 0 unspecified atom stereocenters. The van der Waals surface area contributed by atoms with Crippen molar-refractivity contribution in [3.8, 4) is 11.5 Å². The standard InChI is InChI=1S/C26H28N2O4/c1-19(2)21-12-6-8-14-23(21)32-18-25(29)27-28-26(30)22-13-7-9-15-24(22)31-17-16-20-10-4-3-5-11-20/h3-15,19H,16-18H2,1-2H3,(H,27,29)(H,28,30). The second kappa shape index (κ2) is 11.6. The summed E-state index contributed by atoms with van der Waals surface area (Å²) >= 11 is 0. The van der Waals surface area contributed by atoms with Gasteiger partial charge in [-0.1, -0.05) is 74.5 Å². The number of carbonyl (C=O) groups excluding carboxylic acids is 2. The van der Waals surface area contributed by atoms with Gasteiger partial charge in [0.25, 0.3) is 11.8 Å². The van der Waals surface area contributed by atoms with Crippen LogP contribution < -0.4 is 20.3 Å². The van der Waals surface area contributed by atoms with Gasteiger partial charge in [0.1, 0.15) is 11.5 Å².